The van der Waals surface area contributed by atoms with Crippen LogP contribution in [0.4, 0.5) is 0 Å². The zero-order chi connectivity index (χ0) is 19.0. The molecule has 0 bridgehead atoms. The van der Waals surface area contributed by atoms with Crippen molar-refractivity contribution in [2.24, 2.45) is 28.6 Å². The molecule has 0 amide bonds. The second-order valence-electron chi connectivity index (χ2n) is 10.5. The molecule has 2 aliphatic carbocycles. The predicted molar refractivity (Wildman–Crippen MR) is 99.7 cm³/mol. The van der Waals surface area contributed by atoms with Crippen LogP contribution in [0.5, 0.6) is 0 Å². The molecule has 2 spiro atoms. The maximum atomic E-state index is 13.4. The van der Waals surface area contributed by atoms with Gasteiger partial charge in [-0.1, -0.05) is 41.0 Å². The Kier molecular flexibility index (Phi) is 4.20. The van der Waals surface area contributed by atoms with Crippen LogP contribution >= 0.6 is 0 Å². The predicted octanol–water partition coefficient (Wildman–Crippen LogP) is 4.35. The van der Waals surface area contributed by atoms with Crippen LogP contribution in [-0.4, -0.2) is 37.0 Å². The Morgan fingerprint density at radius 3 is 2.46 bits per heavy atom. The van der Waals surface area contributed by atoms with E-state index in [1.54, 1.807) is 7.11 Å². The highest BCUT2D eigenvalue weighted by molar-refractivity contribution is 5.86. The molecule has 0 radical (unpaired) electrons. The fourth-order valence-corrected chi connectivity index (χ4v) is 7.74. The molecule has 0 unspecified atom stereocenters. The van der Waals surface area contributed by atoms with Crippen LogP contribution in [-0.2, 0) is 19.0 Å². The van der Waals surface area contributed by atoms with Gasteiger partial charge in [-0.05, 0) is 37.0 Å². The minimum absolute atomic E-state index is 0.0378. The van der Waals surface area contributed by atoms with E-state index >= 15 is 0 Å². The van der Waals surface area contributed by atoms with Crippen LogP contribution in [0.2, 0.25) is 0 Å². The van der Waals surface area contributed by atoms with Crippen molar-refractivity contribution in [3.05, 3.63) is 0 Å². The molecule has 4 fully saturated rings. The van der Waals surface area contributed by atoms with E-state index in [-0.39, 0.29) is 40.2 Å². The normalized spacial score (nSPS) is 53.4. The monoisotopic (exact) mass is 364 g/mol. The first kappa shape index (κ1) is 18.9. The summed E-state index contributed by atoms with van der Waals surface area (Å²) in [5.74, 6) is 0.848. The van der Waals surface area contributed by atoms with Crippen molar-refractivity contribution in [3.8, 4) is 0 Å². The number of rotatable bonds is 1. The van der Waals surface area contributed by atoms with Crippen molar-refractivity contribution in [2.45, 2.75) is 90.6 Å². The van der Waals surface area contributed by atoms with Gasteiger partial charge in [0, 0.05) is 30.8 Å². The lowest BCUT2D eigenvalue weighted by Crippen LogP contribution is -2.68. The number of ketones is 1. The van der Waals surface area contributed by atoms with E-state index in [1.807, 2.05) is 0 Å². The Morgan fingerprint density at radius 1 is 1.08 bits per heavy atom. The van der Waals surface area contributed by atoms with Gasteiger partial charge in [-0.25, -0.2) is 0 Å². The summed E-state index contributed by atoms with van der Waals surface area (Å²) >= 11 is 0. The summed E-state index contributed by atoms with van der Waals surface area (Å²) in [6, 6.07) is 0. The van der Waals surface area contributed by atoms with Crippen LogP contribution < -0.4 is 0 Å². The van der Waals surface area contributed by atoms with Gasteiger partial charge in [0.2, 0.25) is 0 Å². The molecule has 148 valence electrons. The minimum Gasteiger partial charge on any atom is -0.365 e. The molecule has 0 aromatic carbocycles. The van der Waals surface area contributed by atoms with Crippen molar-refractivity contribution in [2.75, 3.05) is 13.7 Å². The Balaban J connectivity index is 1.76. The number of hydrogen-bond acceptors (Lipinski definition) is 4. The topological polar surface area (TPSA) is 44.8 Å². The van der Waals surface area contributed by atoms with Crippen LogP contribution in [0, 0.1) is 28.6 Å². The molecule has 7 atom stereocenters. The molecule has 2 heterocycles. The highest BCUT2D eigenvalue weighted by Crippen LogP contribution is 2.68. The molecular weight excluding hydrogens is 328 g/mol. The molecule has 4 heteroatoms. The smallest absolute Gasteiger partial charge is 0.160 e. The lowest BCUT2D eigenvalue weighted by molar-refractivity contribution is -0.248. The first-order valence-electron chi connectivity index (χ1n) is 10.5. The van der Waals surface area contributed by atoms with E-state index in [0.717, 1.165) is 25.7 Å². The maximum Gasteiger partial charge on any atom is 0.160 e. The first-order chi connectivity index (χ1) is 12.1. The van der Waals surface area contributed by atoms with Crippen LogP contribution in [0.3, 0.4) is 0 Å². The molecular formula is C22H36O4. The van der Waals surface area contributed by atoms with Gasteiger partial charge in [0.25, 0.3) is 0 Å². The van der Waals surface area contributed by atoms with Gasteiger partial charge in [-0.3, -0.25) is 4.79 Å². The molecule has 4 rings (SSSR count). The number of carbonyl (C=O) groups is 1. The number of Topliss-reactive ketones (excluding diaryl/α,β-unsaturated/α-hetero) is 1. The molecule has 2 aliphatic heterocycles. The average molecular weight is 365 g/mol. The summed E-state index contributed by atoms with van der Waals surface area (Å²) in [6.45, 7) is 12.1. The third kappa shape index (κ3) is 2.28. The van der Waals surface area contributed by atoms with E-state index in [4.69, 9.17) is 14.2 Å². The molecule has 4 nitrogen and oxygen atoms in total. The molecule has 26 heavy (non-hydrogen) atoms. The van der Waals surface area contributed by atoms with E-state index in [2.05, 4.69) is 34.6 Å². The van der Waals surface area contributed by atoms with Gasteiger partial charge in [0.15, 0.2) is 6.29 Å². The van der Waals surface area contributed by atoms with Crippen LogP contribution in [0.25, 0.3) is 0 Å². The largest absolute Gasteiger partial charge is 0.365 e. The van der Waals surface area contributed by atoms with E-state index < -0.39 is 0 Å². The molecule has 0 aromatic rings. The number of ether oxygens (including phenoxy) is 3. The average Bonchev–Trinajstić information content (AvgIpc) is 3.16. The second kappa shape index (κ2) is 5.78. The highest BCUT2D eigenvalue weighted by Gasteiger charge is 2.71. The standard InChI is InChI=1S/C22H36O4/c1-14-17(23)15(2)22(20(5)9-7-8-19(3,4)18(14)20)11-10-21(26-22)12-16(24-6)25-13-21/h14-16,18H,7-13H2,1-6H3/t14-,15-,16+,18+,20+,21+,22-/m1/s1. The summed E-state index contributed by atoms with van der Waals surface area (Å²) in [4.78, 5) is 13.4. The zero-order valence-corrected chi connectivity index (χ0v) is 17.4. The molecule has 0 N–H and O–H groups in total. The molecule has 2 saturated heterocycles. The van der Waals surface area contributed by atoms with Crippen molar-refractivity contribution >= 4 is 5.78 Å². The first-order valence-corrected chi connectivity index (χ1v) is 10.5. The maximum absolute atomic E-state index is 13.4. The third-order valence-corrected chi connectivity index (χ3v) is 8.77. The van der Waals surface area contributed by atoms with Gasteiger partial charge >= 0.3 is 0 Å². The van der Waals surface area contributed by atoms with E-state index in [0.29, 0.717) is 18.3 Å². The van der Waals surface area contributed by atoms with Gasteiger partial charge < -0.3 is 14.2 Å². The van der Waals surface area contributed by atoms with Gasteiger partial charge in [0.05, 0.1) is 17.8 Å². The van der Waals surface area contributed by atoms with Crippen molar-refractivity contribution in [3.63, 3.8) is 0 Å². The Hall–Kier alpha value is -0.450. The molecule has 0 aromatic heterocycles. The summed E-state index contributed by atoms with van der Waals surface area (Å²) < 4.78 is 18.3. The van der Waals surface area contributed by atoms with Gasteiger partial charge in [0.1, 0.15) is 5.78 Å². The van der Waals surface area contributed by atoms with Crippen molar-refractivity contribution in [1.82, 2.24) is 0 Å². The fourth-order valence-electron chi connectivity index (χ4n) is 7.74. The second-order valence-corrected chi connectivity index (χ2v) is 10.5. The van der Waals surface area contributed by atoms with E-state index in [1.165, 1.54) is 12.8 Å². The zero-order valence-electron chi connectivity index (χ0n) is 17.4. The number of fused-ring (bicyclic) bond motifs is 2. The number of methoxy groups -OCH3 is 1. The van der Waals surface area contributed by atoms with Crippen molar-refractivity contribution in [1.29, 1.82) is 0 Å². The minimum atomic E-state index is -0.356. The number of carbonyl (C=O) groups excluding carboxylic acids is 1. The number of hydrogen-bond donors (Lipinski definition) is 0. The van der Waals surface area contributed by atoms with E-state index in [9.17, 15) is 4.79 Å². The summed E-state index contributed by atoms with van der Waals surface area (Å²) in [5.41, 5.74) is -0.415. The Labute approximate surface area is 158 Å². The molecule has 2 saturated carbocycles. The summed E-state index contributed by atoms with van der Waals surface area (Å²) in [5, 5.41) is 0. The lowest BCUT2D eigenvalue weighted by atomic mass is 9.41. The fraction of sp³-hybridized carbons (Fsp3) is 0.955. The van der Waals surface area contributed by atoms with Crippen molar-refractivity contribution < 1.29 is 19.0 Å². The summed E-state index contributed by atoms with van der Waals surface area (Å²) in [7, 11) is 1.70. The molecule has 4 aliphatic rings. The Bertz CT molecular complexity index is 601. The van der Waals surface area contributed by atoms with Crippen LogP contribution in [0.1, 0.15) is 73.1 Å². The Morgan fingerprint density at radius 2 is 1.81 bits per heavy atom. The quantitative estimate of drug-likeness (QED) is 0.694. The summed E-state index contributed by atoms with van der Waals surface area (Å²) in [6.07, 6.45) is 6.14. The highest BCUT2D eigenvalue weighted by atomic mass is 16.7. The third-order valence-electron chi connectivity index (χ3n) is 8.77. The van der Waals surface area contributed by atoms with Gasteiger partial charge in [-0.15, -0.1) is 0 Å². The lowest BCUT2D eigenvalue weighted by Gasteiger charge is -2.65. The van der Waals surface area contributed by atoms with Gasteiger partial charge in [-0.2, -0.15) is 0 Å². The SMILES string of the molecule is CO[C@@H]1C[C@@]2(CC[C@@]3(O2)[C@H](C)C(=O)[C@@H](C)[C@H]2C(C)(C)CCC[C@@]23C)CO1. The van der Waals surface area contributed by atoms with Crippen LogP contribution in [0.15, 0.2) is 0 Å².